The lowest BCUT2D eigenvalue weighted by Gasteiger charge is -2.28. The molecule has 1 saturated carbocycles. The molecule has 0 N–H and O–H groups in total. The normalized spacial score (nSPS) is 19.0. The second-order valence-corrected chi connectivity index (χ2v) is 9.06. The Morgan fingerprint density at radius 1 is 0.767 bits per heavy atom. The number of hydrogen-bond donors (Lipinski definition) is 0. The molecule has 0 unspecified atom stereocenters. The SMILES string of the molecule is CCCCCCC1CCC(CCc2ccc(-c3ccc(OCCC)cc3)nn2)CC1. The highest BCUT2D eigenvalue weighted by Crippen LogP contribution is 2.34. The maximum absolute atomic E-state index is 5.65. The van der Waals surface area contributed by atoms with E-state index in [0.717, 1.165) is 54.0 Å². The van der Waals surface area contributed by atoms with Gasteiger partial charge in [-0.3, -0.25) is 0 Å². The van der Waals surface area contributed by atoms with E-state index in [1.165, 1.54) is 64.2 Å². The molecule has 1 aromatic heterocycles. The summed E-state index contributed by atoms with van der Waals surface area (Å²) in [6.07, 6.45) is 16.2. The standard InChI is InChI=1S/C27H40N2O/c1-3-5-6-7-8-22-9-11-23(12-10-22)13-16-25-17-20-27(29-28-25)24-14-18-26(19-15-24)30-21-4-2/h14-15,17-20,22-23H,3-13,16,21H2,1-2H3. The van der Waals surface area contributed by atoms with E-state index in [1.54, 1.807) is 0 Å². The van der Waals surface area contributed by atoms with Crippen molar-refractivity contribution in [1.82, 2.24) is 10.2 Å². The van der Waals surface area contributed by atoms with Crippen LogP contribution in [0.5, 0.6) is 5.75 Å². The van der Waals surface area contributed by atoms with Crippen molar-refractivity contribution in [3.05, 3.63) is 42.1 Å². The van der Waals surface area contributed by atoms with Gasteiger partial charge in [0.2, 0.25) is 0 Å². The van der Waals surface area contributed by atoms with Gasteiger partial charge in [-0.1, -0.05) is 71.6 Å². The van der Waals surface area contributed by atoms with Crippen LogP contribution in [0.4, 0.5) is 0 Å². The molecule has 2 aromatic rings. The van der Waals surface area contributed by atoms with Crippen molar-refractivity contribution in [2.75, 3.05) is 6.61 Å². The quantitative estimate of drug-likeness (QED) is 0.338. The molecule has 1 heterocycles. The topological polar surface area (TPSA) is 35.0 Å². The first kappa shape index (κ1) is 22.8. The highest BCUT2D eigenvalue weighted by molar-refractivity contribution is 5.59. The van der Waals surface area contributed by atoms with Gasteiger partial charge in [0.05, 0.1) is 18.0 Å². The summed E-state index contributed by atoms with van der Waals surface area (Å²) in [7, 11) is 0. The van der Waals surface area contributed by atoms with Gasteiger partial charge in [0.1, 0.15) is 5.75 Å². The van der Waals surface area contributed by atoms with Crippen LogP contribution in [0.25, 0.3) is 11.3 Å². The van der Waals surface area contributed by atoms with E-state index in [4.69, 9.17) is 4.74 Å². The second kappa shape index (κ2) is 12.7. The lowest BCUT2D eigenvalue weighted by Crippen LogP contribution is -2.15. The van der Waals surface area contributed by atoms with Gasteiger partial charge in [0, 0.05) is 5.56 Å². The Bertz CT molecular complexity index is 703. The predicted molar refractivity (Wildman–Crippen MR) is 126 cm³/mol. The van der Waals surface area contributed by atoms with Gasteiger partial charge in [-0.05, 0) is 67.5 Å². The van der Waals surface area contributed by atoms with Gasteiger partial charge in [-0.15, -0.1) is 0 Å². The number of benzene rings is 1. The third kappa shape index (κ3) is 7.41. The largest absolute Gasteiger partial charge is 0.494 e. The monoisotopic (exact) mass is 408 g/mol. The first-order valence-electron chi connectivity index (χ1n) is 12.3. The van der Waals surface area contributed by atoms with Crippen molar-refractivity contribution in [3.63, 3.8) is 0 Å². The van der Waals surface area contributed by atoms with Crippen molar-refractivity contribution in [2.45, 2.75) is 90.9 Å². The van der Waals surface area contributed by atoms with Gasteiger partial charge < -0.3 is 4.74 Å². The summed E-state index contributed by atoms with van der Waals surface area (Å²) in [6.45, 7) is 5.17. The summed E-state index contributed by atoms with van der Waals surface area (Å²) < 4.78 is 5.65. The summed E-state index contributed by atoms with van der Waals surface area (Å²) in [6, 6.07) is 12.4. The Morgan fingerprint density at radius 2 is 1.50 bits per heavy atom. The van der Waals surface area contributed by atoms with Crippen LogP contribution in [0.15, 0.2) is 36.4 Å². The van der Waals surface area contributed by atoms with E-state index in [2.05, 4.69) is 48.3 Å². The molecule has 0 aliphatic heterocycles. The highest BCUT2D eigenvalue weighted by Gasteiger charge is 2.20. The van der Waals surface area contributed by atoms with Gasteiger partial charge in [0.15, 0.2) is 0 Å². The first-order valence-corrected chi connectivity index (χ1v) is 12.3. The molecule has 1 aliphatic rings. The lowest BCUT2D eigenvalue weighted by atomic mass is 9.78. The molecule has 1 fully saturated rings. The Labute approximate surface area is 183 Å². The van der Waals surface area contributed by atoms with Crippen LogP contribution >= 0.6 is 0 Å². The van der Waals surface area contributed by atoms with Crippen LogP contribution in [0.3, 0.4) is 0 Å². The molecular formula is C27H40N2O. The molecule has 0 radical (unpaired) electrons. The molecular weight excluding hydrogens is 368 g/mol. The molecule has 0 saturated heterocycles. The minimum atomic E-state index is 0.758. The van der Waals surface area contributed by atoms with Gasteiger partial charge >= 0.3 is 0 Å². The van der Waals surface area contributed by atoms with Crippen LogP contribution < -0.4 is 4.74 Å². The van der Waals surface area contributed by atoms with E-state index in [9.17, 15) is 0 Å². The van der Waals surface area contributed by atoms with Crippen molar-refractivity contribution >= 4 is 0 Å². The van der Waals surface area contributed by atoms with E-state index in [-0.39, 0.29) is 0 Å². The van der Waals surface area contributed by atoms with E-state index >= 15 is 0 Å². The molecule has 3 nitrogen and oxygen atoms in total. The Morgan fingerprint density at radius 3 is 2.13 bits per heavy atom. The fourth-order valence-corrected chi connectivity index (χ4v) is 4.61. The number of aromatic nitrogens is 2. The molecule has 30 heavy (non-hydrogen) atoms. The molecule has 164 valence electrons. The van der Waals surface area contributed by atoms with Crippen LogP contribution in [-0.2, 0) is 6.42 Å². The molecule has 1 aromatic carbocycles. The van der Waals surface area contributed by atoms with E-state index < -0.39 is 0 Å². The maximum Gasteiger partial charge on any atom is 0.119 e. The average Bonchev–Trinajstić information content (AvgIpc) is 2.81. The molecule has 0 bridgehead atoms. The predicted octanol–water partition coefficient (Wildman–Crippen LogP) is 7.64. The van der Waals surface area contributed by atoms with Crippen molar-refractivity contribution in [2.24, 2.45) is 11.8 Å². The zero-order chi connectivity index (χ0) is 21.0. The van der Waals surface area contributed by atoms with Crippen molar-refractivity contribution < 1.29 is 4.74 Å². The summed E-state index contributed by atoms with van der Waals surface area (Å²) in [5.74, 6) is 2.80. The van der Waals surface area contributed by atoms with Crippen LogP contribution in [0.2, 0.25) is 0 Å². The lowest BCUT2D eigenvalue weighted by molar-refractivity contribution is 0.248. The second-order valence-electron chi connectivity index (χ2n) is 9.06. The van der Waals surface area contributed by atoms with Crippen LogP contribution in [0, 0.1) is 11.8 Å². The Hall–Kier alpha value is -1.90. The average molecular weight is 409 g/mol. The van der Waals surface area contributed by atoms with Gasteiger partial charge in [-0.25, -0.2) is 0 Å². The number of unbranched alkanes of at least 4 members (excludes halogenated alkanes) is 3. The molecule has 3 rings (SSSR count). The first-order chi connectivity index (χ1) is 14.8. The van der Waals surface area contributed by atoms with Crippen LogP contribution in [-0.4, -0.2) is 16.8 Å². The highest BCUT2D eigenvalue weighted by atomic mass is 16.5. The molecule has 0 atom stereocenters. The molecule has 0 amide bonds. The summed E-state index contributed by atoms with van der Waals surface area (Å²) in [5.41, 5.74) is 3.16. The van der Waals surface area contributed by atoms with Crippen molar-refractivity contribution in [1.29, 1.82) is 0 Å². The number of rotatable bonds is 12. The van der Waals surface area contributed by atoms with E-state index in [1.807, 2.05) is 12.1 Å². The minimum Gasteiger partial charge on any atom is -0.494 e. The summed E-state index contributed by atoms with van der Waals surface area (Å²) >= 11 is 0. The van der Waals surface area contributed by atoms with Crippen molar-refractivity contribution in [3.8, 4) is 17.0 Å². The third-order valence-corrected chi connectivity index (χ3v) is 6.58. The number of ether oxygens (including phenoxy) is 1. The number of nitrogens with zero attached hydrogens (tertiary/aromatic N) is 2. The fraction of sp³-hybridized carbons (Fsp3) is 0.630. The maximum atomic E-state index is 5.65. The zero-order valence-corrected chi connectivity index (χ0v) is 19.1. The Kier molecular flexibility index (Phi) is 9.66. The summed E-state index contributed by atoms with van der Waals surface area (Å²) in [5, 5.41) is 8.98. The van der Waals surface area contributed by atoms with Crippen LogP contribution in [0.1, 0.15) is 90.2 Å². The summed E-state index contributed by atoms with van der Waals surface area (Å²) in [4.78, 5) is 0. The fourth-order valence-electron chi connectivity index (χ4n) is 4.61. The molecule has 3 heteroatoms. The Balaban J connectivity index is 1.39. The third-order valence-electron chi connectivity index (χ3n) is 6.58. The minimum absolute atomic E-state index is 0.758. The zero-order valence-electron chi connectivity index (χ0n) is 19.1. The molecule has 1 aliphatic carbocycles. The van der Waals surface area contributed by atoms with E-state index in [0.29, 0.717) is 0 Å². The smallest absolute Gasteiger partial charge is 0.119 e. The number of aryl methyl sites for hydroxylation is 1. The van der Waals surface area contributed by atoms with Gasteiger partial charge in [0.25, 0.3) is 0 Å². The van der Waals surface area contributed by atoms with Gasteiger partial charge in [-0.2, -0.15) is 10.2 Å². The molecule has 0 spiro atoms. The number of hydrogen-bond acceptors (Lipinski definition) is 3.